The average molecular weight is 674 g/mol. The van der Waals surface area contributed by atoms with Crippen molar-refractivity contribution in [3.05, 3.63) is 163 Å². The van der Waals surface area contributed by atoms with E-state index in [-0.39, 0.29) is 5.41 Å². The molecule has 1 heterocycles. The lowest BCUT2D eigenvalue weighted by Crippen LogP contribution is -2.30. The third kappa shape index (κ3) is 4.39. The van der Waals surface area contributed by atoms with Crippen LogP contribution >= 0.6 is 11.3 Å². The Balaban J connectivity index is 1.05. The molecular formula is C49H39NS. The quantitative estimate of drug-likeness (QED) is 0.180. The molecule has 1 nitrogen and oxygen atoms in total. The molecule has 51 heavy (non-hydrogen) atoms. The molecule has 8 aromatic rings. The highest BCUT2D eigenvalue weighted by atomic mass is 32.1. The first-order chi connectivity index (χ1) is 25.1. The number of benzene rings is 7. The van der Waals surface area contributed by atoms with E-state index >= 15 is 0 Å². The van der Waals surface area contributed by atoms with E-state index in [4.69, 9.17) is 0 Å². The molecule has 0 N–H and O–H groups in total. The Morgan fingerprint density at radius 2 is 1.25 bits per heavy atom. The molecule has 2 fully saturated rings. The molecule has 3 aliphatic rings. The molecule has 246 valence electrons. The van der Waals surface area contributed by atoms with Gasteiger partial charge in [0.1, 0.15) is 0 Å². The number of nitrogens with zero attached hydrogens (tertiary/aromatic N) is 1. The average Bonchev–Trinajstić information content (AvgIpc) is 3.78. The normalized spacial score (nSPS) is 21.8. The number of hydrogen-bond acceptors (Lipinski definition) is 2. The molecular weight excluding hydrogens is 635 g/mol. The minimum atomic E-state index is 0.162. The van der Waals surface area contributed by atoms with Crippen LogP contribution in [0.15, 0.2) is 152 Å². The SMILES string of the molecule is CC1CC2CC(C1)C1(C2)c2ccccc2-c2c(-c3ccc(N(c4ccc5ccccc5c4)c4ccc5c(c4)sc4ccccc45)cc3)cccc21. The number of thiophene rings is 1. The molecule has 1 aromatic heterocycles. The molecule has 0 saturated heterocycles. The second-order valence-electron chi connectivity index (χ2n) is 15.5. The van der Waals surface area contributed by atoms with E-state index in [2.05, 4.69) is 163 Å². The van der Waals surface area contributed by atoms with Crippen molar-refractivity contribution < 1.29 is 0 Å². The minimum absolute atomic E-state index is 0.162. The molecule has 4 unspecified atom stereocenters. The molecule has 1 spiro atoms. The molecule has 7 aromatic carbocycles. The first kappa shape index (κ1) is 29.5. The fourth-order valence-corrected chi connectivity index (χ4v) is 11.8. The van der Waals surface area contributed by atoms with Gasteiger partial charge in [-0.3, -0.25) is 0 Å². The zero-order chi connectivity index (χ0) is 33.7. The van der Waals surface area contributed by atoms with Crippen LogP contribution < -0.4 is 4.90 Å². The zero-order valence-electron chi connectivity index (χ0n) is 28.8. The van der Waals surface area contributed by atoms with E-state index < -0.39 is 0 Å². The van der Waals surface area contributed by atoms with Crippen molar-refractivity contribution in [1.82, 2.24) is 0 Å². The Morgan fingerprint density at radius 3 is 2.18 bits per heavy atom. The summed E-state index contributed by atoms with van der Waals surface area (Å²) in [5, 5.41) is 5.16. The topological polar surface area (TPSA) is 3.24 Å². The molecule has 3 aliphatic carbocycles. The van der Waals surface area contributed by atoms with E-state index in [1.807, 2.05) is 11.3 Å². The Hall–Kier alpha value is -5.18. The molecule has 0 aliphatic heterocycles. The summed E-state index contributed by atoms with van der Waals surface area (Å²) in [6.07, 6.45) is 5.43. The molecule has 2 saturated carbocycles. The fraction of sp³-hybridized carbons (Fsp3) is 0.184. The van der Waals surface area contributed by atoms with Gasteiger partial charge < -0.3 is 4.90 Å². The van der Waals surface area contributed by atoms with E-state index in [9.17, 15) is 0 Å². The van der Waals surface area contributed by atoms with Crippen LogP contribution in [0, 0.1) is 17.8 Å². The summed E-state index contributed by atoms with van der Waals surface area (Å²) in [6, 6.07) is 57.2. The third-order valence-corrected chi connectivity index (χ3v) is 13.8. The fourth-order valence-electron chi connectivity index (χ4n) is 10.7. The van der Waals surface area contributed by atoms with Crippen molar-refractivity contribution in [2.75, 3.05) is 4.90 Å². The predicted molar refractivity (Wildman–Crippen MR) is 218 cm³/mol. The Kier molecular flexibility index (Phi) is 6.46. The largest absolute Gasteiger partial charge is 0.310 e. The van der Waals surface area contributed by atoms with Gasteiger partial charge in [-0.2, -0.15) is 0 Å². The third-order valence-electron chi connectivity index (χ3n) is 12.6. The lowest BCUT2D eigenvalue weighted by Gasteiger charge is -2.35. The van der Waals surface area contributed by atoms with Crippen LogP contribution in [0.2, 0.25) is 0 Å². The molecule has 0 radical (unpaired) electrons. The van der Waals surface area contributed by atoms with Gasteiger partial charge in [-0.05, 0) is 130 Å². The number of rotatable bonds is 4. The van der Waals surface area contributed by atoms with Gasteiger partial charge in [0.15, 0.2) is 0 Å². The van der Waals surface area contributed by atoms with Crippen molar-refractivity contribution in [1.29, 1.82) is 0 Å². The van der Waals surface area contributed by atoms with Crippen LogP contribution in [0.4, 0.5) is 17.1 Å². The molecule has 4 atom stereocenters. The van der Waals surface area contributed by atoms with Gasteiger partial charge in [-0.25, -0.2) is 0 Å². The van der Waals surface area contributed by atoms with E-state index in [1.165, 1.54) is 90.3 Å². The number of fused-ring (bicyclic) bond motifs is 12. The second kappa shape index (κ2) is 11.2. The van der Waals surface area contributed by atoms with E-state index in [0.29, 0.717) is 0 Å². The Labute approximate surface area is 303 Å². The molecule has 2 heteroatoms. The highest BCUT2D eigenvalue weighted by Gasteiger charge is 2.56. The van der Waals surface area contributed by atoms with Crippen LogP contribution in [0.5, 0.6) is 0 Å². The molecule has 2 bridgehead atoms. The van der Waals surface area contributed by atoms with Crippen LogP contribution in [-0.2, 0) is 5.41 Å². The number of anilines is 3. The highest BCUT2D eigenvalue weighted by Crippen LogP contribution is 2.66. The summed E-state index contributed by atoms with van der Waals surface area (Å²) in [4.78, 5) is 2.43. The van der Waals surface area contributed by atoms with Crippen molar-refractivity contribution in [2.24, 2.45) is 17.8 Å². The second-order valence-corrected chi connectivity index (χ2v) is 16.6. The summed E-state index contributed by atoms with van der Waals surface area (Å²) in [5.41, 5.74) is 12.4. The molecule has 11 rings (SSSR count). The van der Waals surface area contributed by atoms with Gasteiger partial charge in [0.2, 0.25) is 0 Å². The van der Waals surface area contributed by atoms with E-state index in [1.54, 1.807) is 11.1 Å². The van der Waals surface area contributed by atoms with Gasteiger partial charge in [0.25, 0.3) is 0 Å². The van der Waals surface area contributed by atoms with Gasteiger partial charge >= 0.3 is 0 Å². The zero-order valence-corrected chi connectivity index (χ0v) is 29.7. The standard InChI is InChI=1S/C49H39NS/c1-31-25-32-27-36(26-31)49(30-32)44-14-6-4-12-43(44)48-40(13-8-15-45(48)49)34-18-20-37(21-19-34)50(38-22-17-33-9-2-3-10-35(33)28-38)39-23-24-42-41-11-5-7-16-46(41)51-47(42)29-39/h2-24,28-29,31-32,36H,25-27,30H2,1H3. The van der Waals surface area contributed by atoms with Crippen molar-refractivity contribution in [2.45, 2.75) is 38.0 Å². The van der Waals surface area contributed by atoms with Gasteiger partial charge in [-0.15, -0.1) is 11.3 Å². The predicted octanol–water partition coefficient (Wildman–Crippen LogP) is 14.1. The summed E-state index contributed by atoms with van der Waals surface area (Å²) in [5.74, 6) is 2.40. The van der Waals surface area contributed by atoms with Crippen LogP contribution in [0.1, 0.15) is 43.7 Å². The summed E-state index contributed by atoms with van der Waals surface area (Å²) in [7, 11) is 0. The monoisotopic (exact) mass is 673 g/mol. The minimum Gasteiger partial charge on any atom is -0.310 e. The summed E-state index contributed by atoms with van der Waals surface area (Å²) < 4.78 is 2.65. The first-order valence-electron chi connectivity index (χ1n) is 18.7. The maximum Gasteiger partial charge on any atom is 0.0476 e. The van der Waals surface area contributed by atoms with Gasteiger partial charge in [0.05, 0.1) is 0 Å². The van der Waals surface area contributed by atoms with Crippen LogP contribution in [0.25, 0.3) is 53.2 Å². The van der Waals surface area contributed by atoms with Crippen molar-refractivity contribution >= 4 is 59.3 Å². The maximum absolute atomic E-state index is 2.49. The number of hydrogen-bond donors (Lipinski definition) is 0. The van der Waals surface area contributed by atoms with Crippen LogP contribution in [-0.4, -0.2) is 0 Å². The smallest absolute Gasteiger partial charge is 0.0476 e. The van der Waals surface area contributed by atoms with Crippen molar-refractivity contribution in [3.8, 4) is 22.3 Å². The summed E-state index contributed by atoms with van der Waals surface area (Å²) >= 11 is 1.88. The first-order valence-corrected chi connectivity index (χ1v) is 19.5. The van der Waals surface area contributed by atoms with Gasteiger partial charge in [0, 0.05) is 42.6 Å². The lowest BCUT2D eigenvalue weighted by molar-refractivity contribution is 0.256. The van der Waals surface area contributed by atoms with Crippen LogP contribution in [0.3, 0.4) is 0 Å². The molecule has 0 amide bonds. The van der Waals surface area contributed by atoms with E-state index in [0.717, 1.165) is 23.4 Å². The highest BCUT2D eigenvalue weighted by molar-refractivity contribution is 7.25. The maximum atomic E-state index is 2.49. The van der Waals surface area contributed by atoms with Crippen molar-refractivity contribution in [3.63, 3.8) is 0 Å². The lowest BCUT2D eigenvalue weighted by atomic mass is 9.68. The Morgan fingerprint density at radius 1 is 0.549 bits per heavy atom. The summed E-state index contributed by atoms with van der Waals surface area (Å²) in [6.45, 7) is 2.49. The Bertz CT molecular complexity index is 2650. The van der Waals surface area contributed by atoms with Gasteiger partial charge in [-0.1, -0.05) is 116 Å².